The zero-order chi connectivity index (χ0) is 14.1. The van der Waals surface area contributed by atoms with Gasteiger partial charge >= 0.3 is 6.01 Å². The summed E-state index contributed by atoms with van der Waals surface area (Å²) in [6.07, 6.45) is 3.69. The first-order valence-electron chi connectivity index (χ1n) is 7.10. The number of nitrogens with one attached hydrogen (secondary N) is 1. The molecule has 0 aliphatic heterocycles. The van der Waals surface area contributed by atoms with Crippen LogP contribution in [0.15, 0.2) is 4.42 Å². The van der Waals surface area contributed by atoms with Gasteiger partial charge in [-0.15, -0.1) is 5.10 Å². The van der Waals surface area contributed by atoms with Crippen LogP contribution in [-0.2, 0) is 4.79 Å². The second-order valence-electron chi connectivity index (χ2n) is 5.96. The van der Waals surface area contributed by atoms with Crippen molar-refractivity contribution >= 4 is 11.9 Å². The first-order valence-corrected chi connectivity index (χ1v) is 7.10. The Balaban J connectivity index is 1.41. The van der Waals surface area contributed by atoms with Crippen molar-refractivity contribution in [2.24, 2.45) is 5.92 Å². The summed E-state index contributed by atoms with van der Waals surface area (Å²) in [5.74, 6) is 1.35. The number of aliphatic hydroxyl groups is 1. The first kappa shape index (κ1) is 13.5. The average Bonchev–Trinajstić information content (AvgIpc) is 3.09. The van der Waals surface area contributed by atoms with E-state index in [2.05, 4.69) is 15.5 Å². The van der Waals surface area contributed by atoms with Crippen molar-refractivity contribution in [3.63, 3.8) is 0 Å². The molecule has 0 aromatic carbocycles. The van der Waals surface area contributed by atoms with Gasteiger partial charge in [0, 0.05) is 12.5 Å². The molecule has 20 heavy (non-hydrogen) atoms. The summed E-state index contributed by atoms with van der Waals surface area (Å²) in [4.78, 5) is 13.8. The van der Waals surface area contributed by atoms with E-state index in [4.69, 9.17) is 4.42 Å². The fraction of sp³-hybridized carbons (Fsp3) is 0.769. The Kier molecular flexibility index (Phi) is 3.71. The SMILES string of the molecule is CN(CC(=O)Nc1nnc(C2CC2)o1)CC1CC(O)C1. The minimum atomic E-state index is -0.154. The highest BCUT2D eigenvalue weighted by Gasteiger charge is 2.30. The Morgan fingerprint density at radius 2 is 2.20 bits per heavy atom. The summed E-state index contributed by atoms with van der Waals surface area (Å²) in [6, 6.07) is 0.185. The van der Waals surface area contributed by atoms with Crippen LogP contribution >= 0.6 is 0 Å². The molecule has 7 nitrogen and oxygen atoms in total. The Morgan fingerprint density at radius 3 is 2.85 bits per heavy atom. The maximum absolute atomic E-state index is 11.8. The topological polar surface area (TPSA) is 91.5 Å². The lowest BCUT2D eigenvalue weighted by Gasteiger charge is -2.34. The van der Waals surface area contributed by atoms with E-state index in [9.17, 15) is 9.90 Å². The predicted molar refractivity (Wildman–Crippen MR) is 71.1 cm³/mol. The number of nitrogens with zero attached hydrogens (tertiary/aromatic N) is 3. The molecule has 7 heteroatoms. The third-order valence-electron chi connectivity index (χ3n) is 3.81. The number of anilines is 1. The number of rotatable bonds is 6. The third-order valence-corrected chi connectivity index (χ3v) is 3.81. The molecule has 1 amide bonds. The van der Waals surface area contributed by atoms with Crippen LogP contribution < -0.4 is 5.32 Å². The molecule has 1 heterocycles. The number of amides is 1. The monoisotopic (exact) mass is 280 g/mol. The van der Waals surface area contributed by atoms with Crippen LogP contribution in [0.25, 0.3) is 0 Å². The van der Waals surface area contributed by atoms with Crippen LogP contribution in [0, 0.1) is 5.92 Å². The van der Waals surface area contributed by atoms with Gasteiger partial charge in [0.05, 0.1) is 12.6 Å². The van der Waals surface area contributed by atoms with Gasteiger partial charge in [0.2, 0.25) is 11.8 Å². The number of carbonyl (C=O) groups excluding carboxylic acids is 1. The van der Waals surface area contributed by atoms with Crippen LogP contribution in [0.2, 0.25) is 0 Å². The van der Waals surface area contributed by atoms with Gasteiger partial charge in [0.25, 0.3) is 0 Å². The number of hydrogen-bond donors (Lipinski definition) is 2. The van der Waals surface area contributed by atoms with Gasteiger partial charge in [-0.3, -0.25) is 15.0 Å². The standard InChI is InChI=1S/C13H20N4O3/c1-17(6-8-4-10(18)5-8)7-11(19)14-13-16-15-12(20-13)9-2-3-9/h8-10,18H,2-7H2,1H3,(H,14,16,19). The summed E-state index contributed by atoms with van der Waals surface area (Å²) in [5.41, 5.74) is 0. The van der Waals surface area contributed by atoms with E-state index < -0.39 is 0 Å². The van der Waals surface area contributed by atoms with Crippen molar-refractivity contribution < 1.29 is 14.3 Å². The largest absolute Gasteiger partial charge is 0.408 e. The van der Waals surface area contributed by atoms with Gasteiger partial charge < -0.3 is 9.52 Å². The molecule has 0 atom stereocenters. The molecule has 1 aromatic heterocycles. The van der Waals surface area contributed by atoms with E-state index in [1.54, 1.807) is 0 Å². The highest BCUT2D eigenvalue weighted by atomic mass is 16.4. The molecule has 0 bridgehead atoms. The summed E-state index contributed by atoms with van der Waals surface area (Å²) in [7, 11) is 1.90. The molecule has 110 valence electrons. The zero-order valence-electron chi connectivity index (χ0n) is 11.6. The smallest absolute Gasteiger partial charge is 0.322 e. The number of likely N-dealkylation sites (N-methyl/N-ethyl adjacent to an activating group) is 1. The maximum atomic E-state index is 11.8. The fourth-order valence-electron chi connectivity index (χ4n) is 2.54. The second-order valence-corrected chi connectivity index (χ2v) is 5.96. The van der Waals surface area contributed by atoms with E-state index in [0.29, 0.717) is 17.7 Å². The van der Waals surface area contributed by atoms with Gasteiger partial charge in [-0.05, 0) is 38.6 Å². The molecular weight excluding hydrogens is 260 g/mol. The van der Waals surface area contributed by atoms with Crippen molar-refractivity contribution in [2.45, 2.75) is 37.7 Å². The minimum Gasteiger partial charge on any atom is -0.408 e. The molecule has 2 aliphatic rings. The summed E-state index contributed by atoms with van der Waals surface area (Å²) < 4.78 is 5.38. The highest BCUT2D eigenvalue weighted by Crippen LogP contribution is 2.39. The Labute approximate surface area is 117 Å². The Bertz CT molecular complexity index is 480. The van der Waals surface area contributed by atoms with Crippen LogP contribution in [0.4, 0.5) is 6.01 Å². The summed E-state index contributed by atoms with van der Waals surface area (Å²) >= 11 is 0. The van der Waals surface area contributed by atoms with Crippen molar-refractivity contribution in [3.05, 3.63) is 5.89 Å². The molecule has 2 N–H and O–H groups in total. The molecule has 2 fully saturated rings. The number of aliphatic hydroxyl groups excluding tert-OH is 1. The third kappa shape index (κ3) is 3.34. The molecule has 0 unspecified atom stereocenters. The quantitative estimate of drug-likeness (QED) is 0.792. The Morgan fingerprint density at radius 1 is 1.45 bits per heavy atom. The molecule has 0 spiro atoms. The van der Waals surface area contributed by atoms with Gasteiger partial charge in [0.1, 0.15) is 0 Å². The lowest BCUT2D eigenvalue weighted by molar-refractivity contribution is -0.117. The van der Waals surface area contributed by atoms with Crippen LogP contribution in [-0.4, -0.2) is 52.4 Å². The number of hydrogen-bond acceptors (Lipinski definition) is 6. The maximum Gasteiger partial charge on any atom is 0.322 e. The van der Waals surface area contributed by atoms with E-state index in [1.807, 2.05) is 11.9 Å². The lowest BCUT2D eigenvalue weighted by Crippen LogP contribution is -2.39. The Hall–Kier alpha value is -1.47. The summed E-state index contributed by atoms with van der Waals surface area (Å²) in [5, 5.41) is 19.6. The van der Waals surface area contributed by atoms with Crippen molar-refractivity contribution in [1.82, 2.24) is 15.1 Å². The van der Waals surface area contributed by atoms with Gasteiger partial charge in [-0.1, -0.05) is 5.10 Å². The average molecular weight is 280 g/mol. The van der Waals surface area contributed by atoms with Crippen molar-refractivity contribution in [3.8, 4) is 0 Å². The second kappa shape index (κ2) is 5.49. The van der Waals surface area contributed by atoms with Crippen LogP contribution in [0.5, 0.6) is 0 Å². The van der Waals surface area contributed by atoms with Gasteiger partial charge in [-0.25, -0.2) is 0 Å². The highest BCUT2D eigenvalue weighted by molar-refractivity contribution is 5.90. The number of aromatic nitrogens is 2. The molecule has 2 saturated carbocycles. The lowest BCUT2D eigenvalue weighted by atomic mass is 9.82. The van der Waals surface area contributed by atoms with E-state index in [1.165, 1.54) is 0 Å². The summed E-state index contributed by atoms with van der Waals surface area (Å²) in [6.45, 7) is 1.11. The fourth-order valence-corrected chi connectivity index (χ4v) is 2.54. The van der Waals surface area contributed by atoms with E-state index in [-0.39, 0.29) is 24.6 Å². The number of carbonyl (C=O) groups is 1. The molecular formula is C13H20N4O3. The van der Waals surface area contributed by atoms with Crippen LogP contribution in [0.3, 0.4) is 0 Å². The molecule has 0 saturated heterocycles. The van der Waals surface area contributed by atoms with Crippen LogP contribution in [0.1, 0.15) is 37.5 Å². The van der Waals surface area contributed by atoms with Crippen molar-refractivity contribution in [2.75, 3.05) is 25.5 Å². The van der Waals surface area contributed by atoms with Gasteiger partial charge in [0.15, 0.2) is 0 Å². The molecule has 1 aromatic rings. The molecule has 2 aliphatic carbocycles. The van der Waals surface area contributed by atoms with E-state index >= 15 is 0 Å². The van der Waals surface area contributed by atoms with Gasteiger partial charge in [-0.2, -0.15) is 0 Å². The minimum absolute atomic E-state index is 0.151. The first-order chi connectivity index (χ1) is 9.60. The molecule has 3 rings (SSSR count). The van der Waals surface area contributed by atoms with Crippen molar-refractivity contribution in [1.29, 1.82) is 0 Å². The normalized spacial score (nSPS) is 25.6. The predicted octanol–water partition coefficient (Wildman–Crippen LogP) is 0.588. The zero-order valence-corrected chi connectivity index (χ0v) is 11.6. The van der Waals surface area contributed by atoms with E-state index in [0.717, 1.165) is 32.2 Å². The molecule has 0 radical (unpaired) electrons.